The predicted octanol–water partition coefficient (Wildman–Crippen LogP) is 3.47. The van der Waals surface area contributed by atoms with Gasteiger partial charge in [-0.05, 0) is 30.0 Å². The lowest BCUT2D eigenvalue weighted by Crippen LogP contribution is -2.08. The SMILES string of the molecule is CSc1cc(-c2ccc(N(C)C)cc2)c(C#N)c(N)c1C#N. The second-order valence-corrected chi connectivity index (χ2v) is 5.80. The highest BCUT2D eigenvalue weighted by Crippen LogP contribution is 2.36. The Morgan fingerprint density at radius 3 is 2.09 bits per heavy atom. The quantitative estimate of drug-likeness (QED) is 0.694. The molecule has 110 valence electrons. The highest BCUT2D eigenvalue weighted by molar-refractivity contribution is 7.98. The Morgan fingerprint density at radius 1 is 1.05 bits per heavy atom. The number of rotatable bonds is 3. The maximum atomic E-state index is 9.43. The maximum Gasteiger partial charge on any atom is 0.103 e. The first-order chi connectivity index (χ1) is 10.5. The van der Waals surface area contributed by atoms with Crippen LogP contribution in [0.2, 0.25) is 0 Å². The molecule has 2 aromatic rings. The highest BCUT2D eigenvalue weighted by atomic mass is 32.2. The molecule has 2 rings (SSSR count). The van der Waals surface area contributed by atoms with E-state index < -0.39 is 0 Å². The standard InChI is InChI=1S/C17H16N4S/c1-21(2)12-6-4-11(5-7-12)13-8-16(22-3)15(10-19)17(20)14(13)9-18/h4-8H,20H2,1-3H3. The molecular formula is C17H16N4S. The Labute approximate surface area is 134 Å². The summed E-state index contributed by atoms with van der Waals surface area (Å²) in [6.45, 7) is 0. The van der Waals surface area contributed by atoms with Crippen molar-refractivity contribution < 1.29 is 0 Å². The number of nitrogen functional groups attached to an aromatic ring is 1. The Kier molecular flexibility index (Phi) is 4.60. The minimum atomic E-state index is 0.253. The van der Waals surface area contributed by atoms with Crippen molar-refractivity contribution in [3.05, 3.63) is 41.5 Å². The zero-order valence-corrected chi connectivity index (χ0v) is 13.5. The topological polar surface area (TPSA) is 76.8 Å². The Balaban J connectivity index is 2.67. The maximum absolute atomic E-state index is 9.43. The average molecular weight is 308 g/mol. The molecular weight excluding hydrogens is 292 g/mol. The predicted molar refractivity (Wildman–Crippen MR) is 91.8 cm³/mol. The summed E-state index contributed by atoms with van der Waals surface area (Å²) in [5, 5.41) is 18.7. The van der Waals surface area contributed by atoms with Gasteiger partial charge in [-0.2, -0.15) is 10.5 Å². The molecule has 0 aliphatic carbocycles. The Hall–Kier alpha value is -2.63. The van der Waals surface area contributed by atoms with Gasteiger partial charge >= 0.3 is 0 Å². The minimum Gasteiger partial charge on any atom is -0.397 e. The molecule has 0 saturated carbocycles. The van der Waals surface area contributed by atoms with E-state index in [-0.39, 0.29) is 5.69 Å². The van der Waals surface area contributed by atoms with Crippen LogP contribution in [-0.4, -0.2) is 20.4 Å². The van der Waals surface area contributed by atoms with Crippen LogP contribution in [0.15, 0.2) is 35.2 Å². The van der Waals surface area contributed by atoms with Crippen molar-refractivity contribution in [3.63, 3.8) is 0 Å². The Bertz CT molecular complexity index is 780. The molecule has 0 aromatic heterocycles. The number of hydrogen-bond donors (Lipinski definition) is 1. The molecule has 4 nitrogen and oxygen atoms in total. The van der Waals surface area contributed by atoms with E-state index in [1.807, 2.05) is 55.6 Å². The summed E-state index contributed by atoms with van der Waals surface area (Å²) in [5.41, 5.74) is 9.76. The van der Waals surface area contributed by atoms with Gasteiger partial charge in [0.1, 0.15) is 12.1 Å². The van der Waals surface area contributed by atoms with Crippen molar-refractivity contribution in [1.29, 1.82) is 10.5 Å². The molecule has 0 bridgehead atoms. The number of nitrogens with zero attached hydrogens (tertiary/aromatic N) is 3. The molecule has 0 atom stereocenters. The fraction of sp³-hybridized carbons (Fsp3) is 0.176. The minimum absolute atomic E-state index is 0.253. The smallest absolute Gasteiger partial charge is 0.103 e. The van der Waals surface area contributed by atoms with Gasteiger partial charge in [0.15, 0.2) is 0 Å². The molecule has 2 aromatic carbocycles. The summed E-state index contributed by atoms with van der Waals surface area (Å²) in [6.07, 6.45) is 1.89. The monoisotopic (exact) mass is 308 g/mol. The number of thioether (sulfide) groups is 1. The van der Waals surface area contributed by atoms with E-state index in [1.54, 1.807) is 0 Å². The van der Waals surface area contributed by atoms with Gasteiger partial charge in [0.25, 0.3) is 0 Å². The van der Waals surface area contributed by atoms with E-state index in [0.717, 1.165) is 21.7 Å². The first-order valence-corrected chi connectivity index (χ1v) is 7.84. The van der Waals surface area contributed by atoms with E-state index in [0.29, 0.717) is 11.1 Å². The lowest BCUT2D eigenvalue weighted by molar-refractivity contribution is 1.13. The van der Waals surface area contributed by atoms with E-state index in [9.17, 15) is 10.5 Å². The van der Waals surface area contributed by atoms with Crippen LogP contribution in [0, 0.1) is 22.7 Å². The van der Waals surface area contributed by atoms with Crippen LogP contribution in [0.4, 0.5) is 11.4 Å². The summed E-state index contributed by atoms with van der Waals surface area (Å²) in [4.78, 5) is 2.79. The fourth-order valence-electron chi connectivity index (χ4n) is 2.24. The van der Waals surface area contributed by atoms with Gasteiger partial charge in [-0.1, -0.05) is 12.1 Å². The summed E-state index contributed by atoms with van der Waals surface area (Å²) in [7, 11) is 3.95. The lowest BCUT2D eigenvalue weighted by Gasteiger charge is -2.15. The first kappa shape index (κ1) is 15.8. The van der Waals surface area contributed by atoms with Gasteiger partial charge in [0, 0.05) is 30.2 Å². The second-order valence-electron chi connectivity index (χ2n) is 4.95. The highest BCUT2D eigenvalue weighted by Gasteiger charge is 2.16. The van der Waals surface area contributed by atoms with Gasteiger partial charge in [0.2, 0.25) is 0 Å². The van der Waals surface area contributed by atoms with Gasteiger partial charge in [-0.25, -0.2) is 0 Å². The van der Waals surface area contributed by atoms with Crippen LogP contribution in [0.1, 0.15) is 11.1 Å². The van der Waals surface area contributed by atoms with Gasteiger partial charge in [0.05, 0.1) is 16.8 Å². The Morgan fingerprint density at radius 2 is 1.64 bits per heavy atom. The molecule has 2 N–H and O–H groups in total. The van der Waals surface area contributed by atoms with Crippen LogP contribution in [0.5, 0.6) is 0 Å². The van der Waals surface area contributed by atoms with E-state index in [1.165, 1.54) is 11.8 Å². The third kappa shape index (κ3) is 2.72. The van der Waals surface area contributed by atoms with Crippen molar-refractivity contribution in [3.8, 4) is 23.3 Å². The van der Waals surface area contributed by atoms with E-state index in [2.05, 4.69) is 12.1 Å². The molecule has 22 heavy (non-hydrogen) atoms. The number of nitriles is 2. The third-order valence-electron chi connectivity index (χ3n) is 3.47. The zero-order valence-electron chi connectivity index (χ0n) is 12.7. The summed E-state index contributed by atoms with van der Waals surface area (Å²) < 4.78 is 0. The van der Waals surface area contributed by atoms with Crippen LogP contribution in [0.3, 0.4) is 0 Å². The normalized spacial score (nSPS) is 9.86. The van der Waals surface area contributed by atoms with Crippen molar-refractivity contribution in [2.45, 2.75) is 4.90 Å². The van der Waals surface area contributed by atoms with Gasteiger partial charge < -0.3 is 10.6 Å². The molecule has 0 radical (unpaired) electrons. The van der Waals surface area contributed by atoms with Crippen LogP contribution in [-0.2, 0) is 0 Å². The molecule has 0 saturated heterocycles. The number of hydrogen-bond acceptors (Lipinski definition) is 5. The van der Waals surface area contributed by atoms with Crippen molar-refractivity contribution in [2.24, 2.45) is 0 Å². The number of anilines is 2. The largest absolute Gasteiger partial charge is 0.397 e. The lowest BCUT2D eigenvalue weighted by atomic mass is 9.96. The summed E-state index contributed by atoms with van der Waals surface area (Å²) >= 11 is 1.45. The third-order valence-corrected chi connectivity index (χ3v) is 4.23. The molecule has 0 unspecified atom stereocenters. The summed E-state index contributed by atoms with van der Waals surface area (Å²) in [5.74, 6) is 0. The van der Waals surface area contributed by atoms with Crippen molar-refractivity contribution in [1.82, 2.24) is 0 Å². The molecule has 0 amide bonds. The zero-order chi connectivity index (χ0) is 16.3. The molecule has 0 aliphatic rings. The van der Waals surface area contributed by atoms with Gasteiger partial charge in [-0.3, -0.25) is 0 Å². The van der Waals surface area contributed by atoms with Crippen LogP contribution >= 0.6 is 11.8 Å². The van der Waals surface area contributed by atoms with Gasteiger partial charge in [-0.15, -0.1) is 11.8 Å². The van der Waals surface area contributed by atoms with E-state index in [4.69, 9.17) is 5.73 Å². The van der Waals surface area contributed by atoms with Crippen LogP contribution in [0.25, 0.3) is 11.1 Å². The first-order valence-electron chi connectivity index (χ1n) is 6.62. The summed E-state index contributed by atoms with van der Waals surface area (Å²) in [6, 6.07) is 14.0. The van der Waals surface area contributed by atoms with Crippen LogP contribution < -0.4 is 10.6 Å². The number of benzene rings is 2. The fourth-order valence-corrected chi connectivity index (χ4v) is 2.84. The molecule has 0 aliphatic heterocycles. The van der Waals surface area contributed by atoms with Crippen molar-refractivity contribution in [2.75, 3.05) is 31.0 Å². The average Bonchev–Trinajstić information content (AvgIpc) is 2.53. The number of nitrogens with two attached hydrogens (primary N) is 1. The molecule has 0 heterocycles. The molecule has 0 spiro atoms. The molecule has 0 fully saturated rings. The second kappa shape index (κ2) is 6.43. The molecule has 5 heteroatoms. The van der Waals surface area contributed by atoms with E-state index >= 15 is 0 Å². The van der Waals surface area contributed by atoms with Crippen molar-refractivity contribution >= 4 is 23.1 Å².